The second-order valence-electron chi connectivity index (χ2n) is 7.07. The van der Waals surface area contributed by atoms with E-state index in [9.17, 15) is 21.6 Å². The molecule has 1 amide bonds. The molecule has 29 heavy (non-hydrogen) atoms. The average Bonchev–Trinajstić information content (AvgIpc) is 2.97. The van der Waals surface area contributed by atoms with Gasteiger partial charge in [-0.05, 0) is 31.0 Å². The molecule has 0 bridgehead atoms. The van der Waals surface area contributed by atoms with E-state index in [0.717, 1.165) is 11.8 Å². The Hall–Kier alpha value is -1.82. The van der Waals surface area contributed by atoms with Crippen LogP contribution in [0.1, 0.15) is 12.8 Å². The average molecular weight is 458 g/mol. The SMILES string of the molecule is C=CCn1c(=NC(=O)C2CCN(S(C)(=O)=O)CC2)sc2cc(S(C)(=O)=O)ccc21. The highest BCUT2D eigenvalue weighted by Crippen LogP contribution is 2.23. The van der Waals surface area contributed by atoms with Crippen molar-refractivity contribution in [3.63, 3.8) is 0 Å². The summed E-state index contributed by atoms with van der Waals surface area (Å²) in [5, 5.41) is 0. The van der Waals surface area contributed by atoms with Crippen molar-refractivity contribution < 1.29 is 21.6 Å². The van der Waals surface area contributed by atoms with Crippen LogP contribution in [0.4, 0.5) is 0 Å². The van der Waals surface area contributed by atoms with E-state index >= 15 is 0 Å². The molecule has 158 valence electrons. The molecule has 0 saturated carbocycles. The maximum atomic E-state index is 12.7. The molecule has 1 saturated heterocycles. The summed E-state index contributed by atoms with van der Waals surface area (Å²) in [5.74, 6) is -0.618. The first-order chi connectivity index (χ1) is 13.5. The number of rotatable bonds is 5. The molecule has 2 heterocycles. The number of carbonyl (C=O) groups is 1. The number of fused-ring (bicyclic) bond motifs is 1. The lowest BCUT2D eigenvalue weighted by atomic mass is 9.98. The fourth-order valence-corrected chi connectivity index (χ4v) is 5.97. The van der Waals surface area contributed by atoms with Crippen LogP contribution in [0.5, 0.6) is 0 Å². The molecule has 2 aromatic rings. The van der Waals surface area contributed by atoms with Gasteiger partial charge in [-0.1, -0.05) is 17.4 Å². The van der Waals surface area contributed by atoms with Crippen LogP contribution in [-0.2, 0) is 31.2 Å². The van der Waals surface area contributed by atoms with E-state index in [1.54, 1.807) is 18.2 Å². The number of benzene rings is 1. The Kier molecular flexibility index (Phi) is 6.13. The quantitative estimate of drug-likeness (QED) is 0.631. The molecule has 0 spiro atoms. The van der Waals surface area contributed by atoms with E-state index in [1.165, 1.54) is 28.0 Å². The van der Waals surface area contributed by atoms with Crippen LogP contribution in [0.3, 0.4) is 0 Å². The van der Waals surface area contributed by atoms with E-state index in [-0.39, 0.29) is 16.7 Å². The van der Waals surface area contributed by atoms with Crippen molar-refractivity contribution in [2.75, 3.05) is 25.6 Å². The number of allylic oxidation sites excluding steroid dienone is 1. The van der Waals surface area contributed by atoms with Crippen LogP contribution in [0.25, 0.3) is 10.2 Å². The zero-order valence-electron chi connectivity index (χ0n) is 16.2. The van der Waals surface area contributed by atoms with Crippen molar-refractivity contribution in [3.8, 4) is 0 Å². The summed E-state index contributed by atoms with van der Waals surface area (Å²) in [7, 11) is -6.59. The summed E-state index contributed by atoms with van der Waals surface area (Å²) in [6.45, 7) is 4.78. The first-order valence-electron chi connectivity index (χ1n) is 8.99. The predicted molar refractivity (Wildman–Crippen MR) is 113 cm³/mol. The summed E-state index contributed by atoms with van der Waals surface area (Å²) in [5.41, 5.74) is 0.778. The first kappa shape index (κ1) is 21.9. The van der Waals surface area contributed by atoms with Gasteiger partial charge in [0.1, 0.15) is 0 Å². The number of carbonyl (C=O) groups excluding carboxylic acids is 1. The lowest BCUT2D eigenvalue weighted by molar-refractivity contribution is -0.122. The normalized spacial score (nSPS) is 17.7. The molecule has 0 aliphatic carbocycles. The second kappa shape index (κ2) is 8.13. The Labute approximate surface area is 174 Å². The Morgan fingerprint density at radius 1 is 1.24 bits per heavy atom. The van der Waals surface area contributed by atoms with Crippen molar-refractivity contribution in [2.45, 2.75) is 24.3 Å². The molecule has 11 heteroatoms. The second-order valence-corrected chi connectivity index (χ2v) is 12.1. The zero-order valence-corrected chi connectivity index (χ0v) is 18.7. The van der Waals surface area contributed by atoms with E-state index in [4.69, 9.17) is 0 Å². The molecule has 0 unspecified atom stereocenters. The molecule has 8 nitrogen and oxygen atoms in total. The lowest BCUT2D eigenvalue weighted by Crippen LogP contribution is -2.39. The number of hydrogen-bond acceptors (Lipinski definition) is 6. The molecule has 0 N–H and O–H groups in total. The van der Waals surface area contributed by atoms with Crippen LogP contribution < -0.4 is 4.80 Å². The van der Waals surface area contributed by atoms with Crippen molar-refractivity contribution in [2.24, 2.45) is 10.9 Å². The third kappa shape index (κ3) is 4.85. The van der Waals surface area contributed by atoms with Crippen LogP contribution in [0.15, 0.2) is 40.7 Å². The van der Waals surface area contributed by atoms with E-state index in [1.807, 2.05) is 4.57 Å². The van der Waals surface area contributed by atoms with Crippen LogP contribution >= 0.6 is 11.3 Å². The molecule has 3 rings (SSSR count). The van der Waals surface area contributed by atoms with Crippen LogP contribution in [-0.4, -0.2) is 57.2 Å². The number of sulfonamides is 1. The molecule has 1 aliphatic heterocycles. The molecule has 1 aromatic heterocycles. The topological polar surface area (TPSA) is 106 Å². The molecule has 1 aliphatic rings. The highest BCUT2D eigenvalue weighted by atomic mass is 32.2. The van der Waals surface area contributed by atoms with Gasteiger partial charge in [0.05, 0.1) is 21.4 Å². The molecular formula is C18H23N3O5S3. The Morgan fingerprint density at radius 2 is 1.90 bits per heavy atom. The van der Waals surface area contributed by atoms with Gasteiger partial charge in [0, 0.05) is 31.8 Å². The Balaban J connectivity index is 1.95. The van der Waals surface area contributed by atoms with E-state index in [0.29, 0.717) is 42.0 Å². The van der Waals surface area contributed by atoms with Gasteiger partial charge in [0.2, 0.25) is 10.0 Å². The van der Waals surface area contributed by atoms with Crippen LogP contribution in [0, 0.1) is 5.92 Å². The van der Waals surface area contributed by atoms with Gasteiger partial charge in [-0.2, -0.15) is 4.99 Å². The van der Waals surface area contributed by atoms with Gasteiger partial charge in [-0.3, -0.25) is 4.79 Å². The molecule has 0 atom stereocenters. The van der Waals surface area contributed by atoms with Gasteiger partial charge < -0.3 is 4.57 Å². The van der Waals surface area contributed by atoms with Crippen LogP contribution in [0.2, 0.25) is 0 Å². The smallest absolute Gasteiger partial charge is 0.251 e. The summed E-state index contributed by atoms with van der Waals surface area (Å²) in [6.07, 6.45) is 4.86. The van der Waals surface area contributed by atoms with Crippen molar-refractivity contribution in [3.05, 3.63) is 35.7 Å². The highest BCUT2D eigenvalue weighted by molar-refractivity contribution is 7.90. The van der Waals surface area contributed by atoms with Gasteiger partial charge in [0.15, 0.2) is 14.6 Å². The highest BCUT2D eigenvalue weighted by Gasteiger charge is 2.29. The first-order valence-corrected chi connectivity index (χ1v) is 13.5. The van der Waals surface area contributed by atoms with Gasteiger partial charge in [0.25, 0.3) is 5.91 Å². The van der Waals surface area contributed by atoms with E-state index in [2.05, 4.69) is 11.6 Å². The minimum absolute atomic E-state index is 0.211. The third-order valence-electron chi connectivity index (χ3n) is 4.87. The number of aromatic nitrogens is 1. The van der Waals surface area contributed by atoms with E-state index < -0.39 is 19.9 Å². The van der Waals surface area contributed by atoms with Crippen molar-refractivity contribution >= 4 is 47.3 Å². The fraction of sp³-hybridized carbons (Fsp3) is 0.444. The zero-order chi connectivity index (χ0) is 21.4. The van der Waals surface area contributed by atoms with Crippen molar-refractivity contribution in [1.29, 1.82) is 0 Å². The molecule has 1 aromatic carbocycles. The monoisotopic (exact) mass is 457 g/mol. The number of thiazole rings is 1. The molecule has 1 fully saturated rings. The Bertz CT molecular complexity index is 1230. The minimum atomic E-state index is -3.34. The van der Waals surface area contributed by atoms with Gasteiger partial charge >= 0.3 is 0 Å². The van der Waals surface area contributed by atoms with Gasteiger partial charge in [-0.15, -0.1) is 6.58 Å². The van der Waals surface area contributed by atoms with Crippen molar-refractivity contribution in [1.82, 2.24) is 8.87 Å². The summed E-state index contributed by atoms with van der Waals surface area (Å²) >= 11 is 1.25. The maximum absolute atomic E-state index is 12.7. The fourth-order valence-electron chi connectivity index (χ4n) is 3.29. The summed E-state index contributed by atoms with van der Waals surface area (Å²) in [6, 6.07) is 4.83. The van der Waals surface area contributed by atoms with Gasteiger partial charge in [-0.25, -0.2) is 21.1 Å². The minimum Gasteiger partial charge on any atom is -0.313 e. The number of nitrogens with zero attached hydrogens (tertiary/aromatic N) is 3. The molecular weight excluding hydrogens is 434 g/mol. The maximum Gasteiger partial charge on any atom is 0.251 e. The summed E-state index contributed by atoms with van der Waals surface area (Å²) in [4.78, 5) is 17.7. The largest absolute Gasteiger partial charge is 0.313 e. The molecule has 0 radical (unpaired) electrons. The number of sulfone groups is 1. The number of amides is 1. The lowest BCUT2D eigenvalue weighted by Gasteiger charge is -2.28. The third-order valence-corrected chi connectivity index (χ3v) is 8.33. The standard InChI is InChI=1S/C18H23N3O5S3/c1-4-9-21-15-6-5-14(28(2,23)24)12-16(15)27-18(21)19-17(22)13-7-10-20(11-8-13)29(3,25)26/h4-6,12-13H,1,7-11H2,2-3H3. The number of piperidine rings is 1. The Morgan fingerprint density at radius 3 is 2.45 bits per heavy atom. The summed E-state index contributed by atoms with van der Waals surface area (Å²) < 4.78 is 50.8. The number of hydrogen-bond donors (Lipinski definition) is 0. The predicted octanol–water partition coefficient (Wildman–Crippen LogP) is 1.39.